The lowest BCUT2D eigenvalue weighted by Crippen LogP contribution is -2.38. The molecule has 106 valence electrons. The van der Waals surface area contributed by atoms with Crippen LogP contribution in [0.3, 0.4) is 0 Å². The zero-order valence-electron chi connectivity index (χ0n) is 12.1. The number of carbonyl (C=O) groups excluding carboxylic acids is 1. The summed E-state index contributed by atoms with van der Waals surface area (Å²) in [5, 5.41) is 3.19. The van der Waals surface area contributed by atoms with E-state index in [1.54, 1.807) is 7.11 Å². The van der Waals surface area contributed by atoms with Crippen LogP contribution in [-0.2, 0) is 11.2 Å². The smallest absolute Gasteiger partial charge is 0.236 e. The standard InChI is InChI=1S/C15H24N2O2/c1-4-17(5-2)15(18)12-16-10-9-13-7-6-8-14(11-13)19-3/h6-8,11,16H,4-5,9-10,12H2,1-3H3. The summed E-state index contributed by atoms with van der Waals surface area (Å²) in [5.41, 5.74) is 1.21. The number of hydrogen-bond acceptors (Lipinski definition) is 3. The van der Waals surface area contributed by atoms with Crippen molar-refractivity contribution in [3.8, 4) is 5.75 Å². The number of amides is 1. The number of nitrogens with one attached hydrogen (secondary N) is 1. The van der Waals surface area contributed by atoms with Crippen molar-refractivity contribution < 1.29 is 9.53 Å². The molecule has 1 aromatic carbocycles. The SMILES string of the molecule is CCN(CC)C(=O)CNCCc1cccc(OC)c1. The number of nitrogens with zero attached hydrogens (tertiary/aromatic N) is 1. The van der Waals surface area contributed by atoms with Crippen molar-refractivity contribution in [2.24, 2.45) is 0 Å². The number of benzene rings is 1. The Morgan fingerprint density at radius 2 is 2.05 bits per heavy atom. The molecule has 0 spiro atoms. The second-order valence-corrected chi connectivity index (χ2v) is 4.34. The monoisotopic (exact) mass is 264 g/mol. The van der Waals surface area contributed by atoms with Crippen molar-refractivity contribution in [1.29, 1.82) is 0 Å². The van der Waals surface area contributed by atoms with Crippen LogP contribution in [0.1, 0.15) is 19.4 Å². The molecule has 19 heavy (non-hydrogen) atoms. The van der Waals surface area contributed by atoms with Gasteiger partial charge in [-0.3, -0.25) is 4.79 Å². The fraction of sp³-hybridized carbons (Fsp3) is 0.533. The highest BCUT2D eigenvalue weighted by molar-refractivity contribution is 5.78. The first-order chi connectivity index (χ1) is 9.21. The van der Waals surface area contributed by atoms with E-state index >= 15 is 0 Å². The number of hydrogen-bond donors (Lipinski definition) is 1. The molecular formula is C15H24N2O2. The van der Waals surface area contributed by atoms with Gasteiger partial charge in [0, 0.05) is 13.1 Å². The summed E-state index contributed by atoms with van der Waals surface area (Å²) < 4.78 is 5.18. The van der Waals surface area contributed by atoms with Crippen molar-refractivity contribution in [1.82, 2.24) is 10.2 Å². The Morgan fingerprint density at radius 3 is 2.68 bits per heavy atom. The van der Waals surface area contributed by atoms with Gasteiger partial charge in [0.2, 0.25) is 5.91 Å². The summed E-state index contributed by atoms with van der Waals surface area (Å²) >= 11 is 0. The highest BCUT2D eigenvalue weighted by Gasteiger charge is 2.07. The average Bonchev–Trinajstić information content (AvgIpc) is 2.45. The summed E-state index contributed by atoms with van der Waals surface area (Å²) in [6.45, 7) is 6.74. The van der Waals surface area contributed by atoms with Gasteiger partial charge in [-0.2, -0.15) is 0 Å². The molecule has 0 unspecified atom stereocenters. The molecule has 4 heteroatoms. The summed E-state index contributed by atoms with van der Waals surface area (Å²) in [5.74, 6) is 1.03. The minimum atomic E-state index is 0.163. The summed E-state index contributed by atoms with van der Waals surface area (Å²) in [6, 6.07) is 8.00. The first-order valence-corrected chi connectivity index (χ1v) is 6.82. The minimum absolute atomic E-state index is 0.163. The molecule has 4 nitrogen and oxygen atoms in total. The third-order valence-corrected chi connectivity index (χ3v) is 3.12. The van der Waals surface area contributed by atoms with Crippen molar-refractivity contribution in [3.05, 3.63) is 29.8 Å². The van der Waals surface area contributed by atoms with E-state index in [0.717, 1.165) is 31.8 Å². The highest BCUT2D eigenvalue weighted by Crippen LogP contribution is 2.12. The van der Waals surface area contributed by atoms with Crippen LogP contribution >= 0.6 is 0 Å². The first kappa shape index (κ1) is 15.5. The van der Waals surface area contributed by atoms with Gasteiger partial charge in [-0.05, 0) is 44.5 Å². The van der Waals surface area contributed by atoms with Gasteiger partial charge in [0.25, 0.3) is 0 Å². The number of ether oxygens (including phenoxy) is 1. The molecule has 1 aromatic rings. The second kappa shape index (κ2) is 8.53. The molecule has 0 heterocycles. The molecule has 0 aliphatic heterocycles. The molecule has 0 aliphatic rings. The van der Waals surface area contributed by atoms with Crippen LogP contribution in [0, 0.1) is 0 Å². The van der Waals surface area contributed by atoms with Gasteiger partial charge in [0.1, 0.15) is 5.75 Å². The minimum Gasteiger partial charge on any atom is -0.497 e. The fourth-order valence-electron chi connectivity index (χ4n) is 1.94. The predicted octanol–water partition coefficient (Wildman–Crippen LogP) is 1.70. The van der Waals surface area contributed by atoms with E-state index in [1.165, 1.54) is 5.56 Å². The molecular weight excluding hydrogens is 240 g/mol. The van der Waals surface area contributed by atoms with E-state index in [2.05, 4.69) is 11.4 Å². The van der Waals surface area contributed by atoms with E-state index in [9.17, 15) is 4.79 Å². The summed E-state index contributed by atoms with van der Waals surface area (Å²) in [7, 11) is 1.67. The van der Waals surface area contributed by atoms with Gasteiger partial charge in [-0.25, -0.2) is 0 Å². The Kier molecular flexibility index (Phi) is 6.97. The summed E-state index contributed by atoms with van der Waals surface area (Å²) in [4.78, 5) is 13.6. The van der Waals surface area contributed by atoms with Crippen LogP contribution in [0.15, 0.2) is 24.3 Å². The molecule has 0 aliphatic carbocycles. The van der Waals surface area contributed by atoms with Crippen LogP contribution in [0.4, 0.5) is 0 Å². The van der Waals surface area contributed by atoms with Gasteiger partial charge in [-0.1, -0.05) is 12.1 Å². The van der Waals surface area contributed by atoms with E-state index in [4.69, 9.17) is 4.74 Å². The molecule has 0 bridgehead atoms. The topological polar surface area (TPSA) is 41.6 Å². The Morgan fingerprint density at radius 1 is 1.32 bits per heavy atom. The normalized spacial score (nSPS) is 10.3. The van der Waals surface area contributed by atoms with Crippen molar-refractivity contribution >= 4 is 5.91 Å². The molecule has 1 rings (SSSR count). The van der Waals surface area contributed by atoms with E-state index in [-0.39, 0.29) is 5.91 Å². The van der Waals surface area contributed by atoms with Crippen LogP contribution in [-0.4, -0.2) is 44.1 Å². The maximum absolute atomic E-state index is 11.8. The number of carbonyl (C=O) groups is 1. The molecule has 1 amide bonds. The van der Waals surface area contributed by atoms with Gasteiger partial charge in [-0.15, -0.1) is 0 Å². The number of methoxy groups -OCH3 is 1. The Bertz CT molecular complexity index is 389. The van der Waals surface area contributed by atoms with Gasteiger partial charge in [0.05, 0.1) is 13.7 Å². The van der Waals surface area contributed by atoms with Crippen LogP contribution in [0.25, 0.3) is 0 Å². The molecule has 0 saturated carbocycles. The third kappa shape index (κ3) is 5.30. The zero-order valence-corrected chi connectivity index (χ0v) is 12.1. The molecule has 0 aromatic heterocycles. The summed E-state index contributed by atoms with van der Waals surface area (Å²) in [6.07, 6.45) is 0.892. The van der Waals surface area contributed by atoms with Crippen LogP contribution < -0.4 is 10.1 Å². The van der Waals surface area contributed by atoms with E-state index < -0.39 is 0 Å². The Hall–Kier alpha value is -1.55. The highest BCUT2D eigenvalue weighted by atomic mass is 16.5. The zero-order chi connectivity index (χ0) is 14.1. The molecule has 0 saturated heterocycles. The molecule has 0 fully saturated rings. The number of rotatable bonds is 8. The largest absolute Gasteiger partial charge is 0.497 e. The lowest BCUT2D eigenvalue weighted by Gasteiger charge is -2.18. The first-order valence-electron chi connectivity index (χ1n) is 6.82. The van der Waals surface area contributed by atoms with E-state index in [1.807, 2.05) is 36.9 Å². The Labute approximate surface area is 115 Å². The lowest BCUT2D eigenvalue weighted by atomic mass is 10.1. The molecule has 1 N–H and O–H groups in total. The molecule has 0 radical (unpaired) electrons. The van der Waals surface area contributed by atoms with Crippen molar-refractivity contribution in [2.45, 2.75) is 20.3 Å². The van der Waals surface area contributed by atoms with Crippen LogP contribution in [0.2, 0.25) is 0 Å². The Balaban J connectivity index is 2.28. The van der Waals surface area contributed by atoms with E-state index in [0.29, 0.717) is 6.54 Å². The number of likely N-dealkylation sites (N-methyl/N-ethyl adjacent to an activating group) is 1. The second-order valence-electron chi connectivity index (χ2n) is 4.34. The predicted molar refractivity (Wildman–Crippen MR) is 77.5 cm³/mol. The maximum atomic E-state index is 11.8. The average molecular weight is 264 g/mol. The van der Waals surface area contributed by atoms with Gasteiger partial charge >= 0.3 is 0 Å². The van der Waals surface area contributed by atoms with Gasteiger partial charge in [0.15, 0.2) is 0 Å². The third-order valence-electron chi connectivity index (χ3n) is 3.12. The fourth-order valence-corrected chi connectivity index (χ4v) is 1.94. The van der Waals surface area contributed by atoms with Crippen molar-refractivity contribution in [3.63, 3.8) is 0 Å². The van der Waals surface area contributed by atoms with Crippen LogP contribution in [0.5, 0.6) is 5.75 Å². The van der Waals surface area contributed by atoms with Gasteiger partial charge < -0.3 is 15.0 Å². The quantitative estimate of drug-likeness (QED) is 0.727. The molecule has 0 atom stereocenters. The lowest BCUT2D eigenvalue weighted by molar-refractivity contribution is -0.129. The maximum Gasteiger partial charge on any atom is 0.236 e. The van der Waals surface area contributed by atoms with Crippen molar-refractivity contribution in [2.75, 3.05) is 33.3 Å².